The molecular weight excluding hydrogens is 316 g/mol. The topological polar surface area (TPSA) is 97.0 Å². The molecule has 1 heterocycles. The number of fused-ring (bicyclic) bond motifs is 1. The lowest BCUT2D eigenvalue weighted by Crippen LogP contribution is -2.33. The molecule has 132 valence electrons. The van der Waals surface area contributed by atoms with E-state index in [1.807, 2.05) is 26.2 Å². The highest BCUT2D eigenvalue weighted by atomic mass is 16.1. The van der Waals surface area contributed by atoms with Crippen LogP contribution in [-0.4, -0.2) is 41.5 Å². The van der Waals surface area contributed by atoms with E-state index in [2.05, 4.69) is 32.4 Å². The number of anilines is 2. The Labute approximate surface area is 147 Å². The van der Waals surface area contributed by atoms with Gasteiger partial charge in [-0.3, -0.25) is 4.79 Å². The molecule has 1 aliphatic carbocycles. The first kappa shape index (κ1) is 17.1. The number of aromatic nitrogens is 3. The maximum atomic E-state index is 12.6. The smallest absolute Gasteiger partial charge is 0.229 e. The molecule has 0 aliphatic heterocycles. The molecule has 1 aromatic heterocycles. The number of carbonyl (C=O) groups is 1. The third-order valence-electron chi connectivity index (χ3n) is 4.42. The van der Waals surface area contributed by atoms with Gasteiger partial charge in [0.05, 0.1) is 5.92 Å². The zero-order valence-electron chi connectivity index (χ0n) is 14.7. The molecule has 7 nitrogen and oxygen atoms in total. The SMILES string of the molecule is CN(C)c1nc(N)nc(CCNC(=O)[C@H]2CCCc3ccccc32)n1. The lowest BCUT2D eigenvalue weighted by Gasteiger charge is -2.24. The van der Waals surface area contributed by atoms with Gasteiger partial charge in [-0.25, -0.2) is 0 Å². The van der Waals surface area contributed by atoms with Gasteiger partial charge in [0.25, 0.3) is 0 Å². The Kier molecular flexibility index (Phi) is 5.11. The van der Waals surface area contributed by atoms with Crippen LogP contribution in [0.15, 0.2) is 24.3 Å². The standard InChI is InChI=1S/C18H24N6O/c1-24(2)18-22-15(21-17(19)23-18)10-11-20-16(25)14-9-5-7-12-6-3-4-8-13(12)14/h3-4,6,8,14H,5,7,9-11H2,1-2H3,(H,20,25)(H2,19,21,22,23)/t14-/m0/s1. The third-order valence-corrected chi connectivity index (χ3v) is 4.42. The molecule has 1 atom stereocenters. The number of rotatable bonds is 5. The molecular formula is C18H24N6O. The van der Waals surface area contributed by atoms with Crippen LogP contribution in [0.1, 0.15) is 35.7 Å². The molecule has 3 rings (SSSR count). The summed E-state index contributed by atoms with van der Waals surface area (Å²) in [6.45, 7) is 0.480. The molecule has 7 heteroatoms. The van der Waals surface area contributed by atoms with Crippen molar-refractivity contribution in [3.8, 4) is 0 Å². The summed E-state index contributed by atoms with van der Waals surface area (Å²) in [5.74, 6) is 1.31. The number of hydrogen-bond acceptors (Lipinski definition) is 6. The van der Waals surface area contributed by atoms with Crippen molar-refractivity contribution in [2.45, 2.75) is 31.6 Å². The summed E-state index contributed by atoms with van der Waals surface area (Å²) in [6, 6.07) is 8.22. The lowest BCUT2D eigenvalue weighted by atomic mass is 9.82. The van der Waals surface area contributed by atoms with Crippen molar-refractivity contribution < 1.29 is 4.79 Å². The minimum atomic E-state index is -0.0642. The highest BCUT2D eigenvalue weighted by Gasteiger charge is 2.25. The molecule has 0 bridgehead atoms. The van der Waals surface area contributed by atoms with Crippen LogP contribution in [0.4, 0.5) is 11.9 Å². The van der Waals surface area contributed by atoms with E-state index in [1.165, 1.54) is 5.56 Å². The van der Waals surface area contributed by atoms with Crippen LogP contribution >= 0.6 is 0 Å². The van der Waals surface area contributed by atoms with Crippen LogP contribution < -0.4 is 16.0 Å². The van der Waals surface area contributed by atoms with E-state index in [-0.39, 0.29) is 17.8 Å². The van der Waals surface area contributed by atoms with E-state index in [9.17, 15) is 4.79 Å². The van der Waals surface area contributed by atoms with Gasteiger partial charge in [0.15, 0.2) is 0 Å². The molecule has 1 aromatic carbocycles. The van der Waals surface area contributed by atoms with Crippen LogP contribution in [0.25, 0.3) is 0 Å². The minimum absolute atomic E-state index is 0.0642. The molecule has 2 aromatic rings. The van der Waals surface area contributed by atoms with Crippen molar-refractivity contribution >= 4 is 17.8 Å². The Morgan fingerprint density at radius 1 is 1.28 bits per heavy atom. The second kappa shape index (κ2) is 7.46. The Morgan fingerprint density at radius 3 is 2.88 bits per heavy atom. The van der Waals surface area contributed by atoms with Crippen molar-refractivity contribution in [2.75, 3.05) is 31.3 Å². The van der Waals surface area contributed by atoms with E-state index in [1.54, 1.807) is 4.90 Å². The average molecular weight is 340 g/mol. The molecule has 0 spiro atoms. The van der Waals surface area contributed by atoms with Gasteiger partial charge < -0.3 is 16.0 Å². The molecule has 0 saturated carbocycles. The third kappa shape index (κ3) is 4.04. The number of aryl methyl sites for hydroxylation is 1. The van der Waals surface area contributed by atoms with Crippen molar-refractivity contribution in [2.24, 2.45) is 0 Å². The van der Waals surface area contributed by atoms with Gasteiger partial charge >= 0.3 is 0 Å². The number of nitrogens with one attached hydrogen (secondary N) is 1. The molecule has 0 radical (unpaired) electrons. The zero-order valence-corrected chi connectivity index (χ0v) is 14.7. The molecule has 3 N–H and O–H groups in total. The molecule has 0 unspecified atom stereocenters. The van der Waals surface area contributed by atoms with Gasteiger partial charge in [-0.05, 0) is 30.4 Å². The Morgan fingerprint density at radius 2 is 2.08 bits per heavy atom. The lowest BCUT2D eigenvalue weighted by molar-refractivity contribution is -0.122. The number of hydrogen-bond donors (Lipinski definition) is 2. The predicted molar refractivity (Wildman–Crippen MR) is 97.4 cm³/mol. The van der Waals surface area contributed by atoms with Gasteiger partial charge in [0, 0.05) is 27.1 Å². The summed E-state index contributed by atoms with van der Waals surface area (Å²) >= 11 is 0. The fraction of sp³-hybridized carbons (Fsp3) is 0.444. The summed E-state index contributed by atoms with van der Waals surface area (Å²) < 4.78 is 0. The van der Waals surface area contributed by atoms with Gasteiger partial charge in [-0.1, -0.05) is 24.3 Å². The molecule has 25 heavy (non-hydrogen) atoms. The summed E-state index contributed by atoms with van der Waals surface area (Å²) in [5.41, 5.74) is 8.17. The van der Waals surface area contributed by atoms with Crippen LogP contribution in [0.5, 0.6) is 0 Å². The minimum Gasteiger partial charge on any atom is -0.368 e. The number of nitrogens with two attached hydrogens (primary N) is 1. The van der Waals surface area contributed by atoms with Gasteiger partial charge in [0.2, 0.25) is 17.8 Å². The molecule has 0 saturated heterocycles. The maximum absolute atomic E-state index is 12.6. The second-order valence-electron chi connectivity index (χ2n) is 6.49. The van der Waals surface area contributed by atoms with Gasteiger partial charge in [0.1, 0.15) is 5.82 Å². The van der Waals surface area contributed by atoms with Gasteiger partial charge in [-0.2, -0.15) is 15.0 Å². The Hall–Kier alpha value is -2.70. The zero-order chi connectivity index (χ0) is 17.8. The quantitative estimate of drug-likeness (QED) is 0.851. The Bertz CT molecular complexity index is 761. The van der Waals surface area contributed by atoms with E-state index in [0.29, 0.717) is 24.7 Å². The van der Waals surface area contributed by atoms with Crippen molar-refractivity contribution in [1.82, 2.24) is 20.3 Å². The number of benzene rings is 1. The number of amides is 1. The fourth-order valence-electron chi connectivity index (χ4n) is 3.18. The number of carbonyl (C=O) groups excluding carboxylic acids is 1. The number of nitrogens with zero attached hydrogens (tertiary/aromatic N) is 4. The first-order chi connectivity index (χ1) is 12.0. The van der Waals surface area contributed by atoms with E-state index >= 15 is 0 Å². The average Bonchev–Trinajstić information content (AvgIpc) is 2.60. The second-order valence-corrected chi connectivity index (χ2v) is 6.49. The fourth-order valence-corrected chi connectivity index (χ4v) is 3.18. The van der Waals surface area contributed by atoms with E-state index < -0.39 is 0 Å². The van der Waals surface area contributed by atoms with E-state index in [0.717, 1.165) is 24.8 Å². The molecule has 1 aliphatic rings. The molecule has 0 fully saturated rings. The summed E-state index contributed by atoms with van der Waals surface area (Å²) in [4.78, 5) is 26.9. The summed E-state index contributed by atoms with van der Waals surface area (Å²) in [6.07, 6.45) is 3.52. The first-order valence-electron chi connectivity index (χ1n) is 8.58. The molecule has 1 amide bonds. The van der Waals surface area contributed by atoms with Crippen LogP contribution in [0.2, 0.25) is 0 Å². The largest absolute Gasteiger partial charge is 0.368 e. The number of nitrogen functional groups attached to an aromatic ring is 1. The van der Waals surface area contributed by atoms with Crippen molar-refractivity contribution in [1.29, 1.82) is 0 Å². The maximum Gasteiger partial charge on any atom is 0.229 e. The highest BCUT2D eigenvalue weighted by Crippen LogP contribution is 2.31. The van der Waals surface area contributed by atoms with E-state index in [4.69, 9.17) is 5.73 Å². The van der Waals surface area contributed by atoms with Crippen LogP contribution in [0.3, 0.4) is 0 Å². The van der Waals surface area contributed by atoms with Crippen molar-refractivity contribution in [3.05, 3.63) is 41.2 Å². The first-order valence-corrected chi connectivity index (χ1v) is 8.58. The summed E-state index contributed by atoms with van der Waals surface area (Å²) in [5, 5.41) is 3.02. The predicted octanol–water partition coefficient (Wildman–Crippen LogP) is 1.30. The van der Waals surface area contributed by atoms with Crippen LogP contribution in [-0.2, 0) is 17.6 Å². The highest BCUT2D eigenvalue weighted by molar-refractivity contribution is 5.84. The Balaban J connectivity index is 1.61. The normalized spacial score (nSPS) is 16.2. The van der Waals surface area contributed by atoms with Crippen LogP contribution in [0, 0.1) is 0 Å². The van der Waals surface area contributed by atoms with Crippen molar-refractivity contribution in [3.63, 3.8) is 0 Å². The monoisotopic (exact) mass is 340 g/mol. The van der Waals surface area contributed by atoms with Gasteiger partial charge in [-0.15, -0.1) is 0 Å². The summed E-state index contributed by atoms with van der Waals surface area (Å²) in [7, 11) is 3.70.